The minimum atomic E-state index is -4.45. The van der Waals surface area contributed by atoms with Crippen molar-refractivity contribution in [2.24, 2.45) is 0 Å². The summed E-state index contributed by atoms with van der Waals surface area (Å²) < 4.78 is 45.6. The number of aliphatic hydroxyl groups is 1. The molecule has 0 bridgehead atoms. The third-order valence-electron chi connectivity index (χ3n) is 7.21. The van der Waals surface area contributed by atoms with Crippen LogP contribution in [-0.4, -0.2) is 50.5 Å². The number of phosphoric ester groups is 1. The van der Waals surface area contributed by atoms with Crippen LogP contribution in [0.1, 0.15) is 102 Å². The topological polar surface area (TPSA) is 172 Å². The summed E-state index contributed by atoms with van der Waals surface area (Å²) in [5.74, 6) is -1.56. The molecule has 3 rings (SSSR count). The van der Waals surface area contributed by atoms with Crippen LogP contribution in [0, 0.1) is 23.0 Å². The van der Waals surface area contributed by atoms with Crippen LogP contribution < -0.4 is 0 Å². The van der Waals surface area contributed by atoms with E-state index in [9.17, 15) is 18.5 Å². The summed E-state index contributed by atoms with van der Waals surface area (Å²) in [5, 5.41) is 27.3. The van der Waals surface area contributed by atoms with E-state index >= 15 is 0 Å². The van der Waals surface area contributed by atoms with Gasteiger partial charge in [-0.3, -0.25) is 4.52 Å². The Bertz CT molecular complexity index is 1250. The standard InChI is InChI=1S/C17H34NO4P.C13H12F2N6O/c1-2-3-4-5-6-7-8-9-10-11-12-14-17(15-13-16-18)22-23(19,20)21;14-10-1-2-11(12(15)3-10)13(22,4-20-8-16-6-18-20)5-21-9-17-7-19-21/h17H,2-15H2,1H3,(H2,19,20,21);1-3,6-9,22H,4-5H2. The van der Waals surface area contributed by atoms with Gasteiger partial charge in [-0.2, -0.15) is 15.5 Å². The number of hydrogen-bond acceptors (Lipinski definition) is 8. The van der Waals surface area contributed by atoms with E-state index in [1.54, 1.807) is 0 Å². The molecule has 1 unspecified atom stereocenters. The average Bonchev–Trinajstić information content (AvgIpc) is 3.68. The van der Waals surface area contributed by atoms with E-state index in [0.717, 1.165) is 31.4 Å². The van der Waals surface area contributed by atoms with Gasteiger partial charge in [0, 0.05) is 18.1 Å². The Morgan fingerprint density at radius 1 is 0.911 bits per heavy atom. The number of rotatable bonds is 21. The Balaban J connectivity index is 0.000000313. The van der Waals surface area contributed by atoms with E-state index in [2.05, 4.69) is 27.1 Å². The molecule has 15 heteroatoms. The molecule has 0 amide bonds. The summed E-state index contributed by atoms with van der Waals surface area (Å²) in [6.07, 6.45) is 19.8. The molecule has 0 aliphatic carbocycles. The molecule has 2 heterocycles. The van der Waals surface area contributed by atoms with Gasteiger partial charge in [0.15, 0.2) is 0 Å². The van der Waals surface area contributed by atoms with E-state index < -0.39 is 31.2 Å². The van der Waals surface area contributed by atoms with E-state index in [0.29, 0.717) is 12.8 Å². The van der Waals surface area contributed by atoms with Gasteiger partial charge >= 0.3 is 7.82 Å². The highest BCUT2D eigenvalue weighted by Gasteiger charge is 2.34. The number of aromatic nitrogens is 6. The van der Waals surface area contributed by atoms with Crippen molar-refractivity contribution in [3.63, 3.8) is 0 Å². The SMILES string of the molecule is CCCCCCCCCCCCCC(CCC#N)OP(=O)(O)O.OC(Cn1cncn1)(Cn1cncn1)c1ccc(F)cc1F. The van der Waals surface area contributed by atoms with Crippen molar-refractivity contribution in [2.75, 3.05) is 0 Å². The summed E-state index contributed by atoms with van der Waals surface area (Å²) in [6.45, 7) is 2.08. The van der Waals surface area contributed by atoms with Gasteiger partial charge in [0.1, 0.15) is 42.5 Å². The molecule has 0 saturated carbocycles. The Morgan fingerprint density at radius 3 is 1.89 bits per heavy atom. The Labute approximate surface area is 263 Å². The van der Waals surface area contributed by atoms with Gasteiger partial charge in [-0.25, -0.2) is 32.7 Å². The van der Waals surface area contributed by atoms with E-state index in [-0.39, 0.29) is 25.1 Å². The molecule has 1 aromatic carbocycles. The van der Waals surface area contributed by atoms with Crippen LogP contribution in [0.25, 0.3) is 0 Å². The Hall–Kier alpha value is -3.08. The summed E-state index contributed by atoms with van der Waals surface area (Å²) in [4.78, 5) is 25.3. The van der Waals surface area contributed by atoms with Gasteiger partial charge < -0.3 is 14.9 Å². The van der Waals surface area contributed by atoms with E-state index in [1.807, 2.05) is 6.07 Å². The molecule has 0 aliphatic heterocycles. The quantitative estimate of drug-likeness (QED) is 0.0887. The largest absolute Gasteiger partial charge is 0.469 e. The third kappa shape index (κ3) is 16.2. The third-order valence-corrected chi connectivity index (χ3v) is 7.78. The molecular weight excluding hydrogens is 607 g/mol. The highest BCUT2D eigenvalue weighted by atomic mass is 31.2. The van der Waals surface area contributed by atoms with Gasteiger partial charge in [0.2, 0.25) is 0 Å². The maximum absolute atomic E-state index is 14.1. The maximum Gasteiger partial charge on any atom is 0.469 e. The number of hydrogen-bond donors (Lipinski definition) is 3. The minimum absolute atomic E-state index is 0.0556. The van der Waals surface area contributed by atoms with Crippen LogP contribution >= 0.6 is 7.82 Å². The maximum atomic E-state index is 14.1. The van der Waals surface area contributed by atoms with Crippen molar-refractivity contribution in [2.45, 2.75) is 122 Å². The highest BCUT2D eigenvalue weighted by molar-refractivity contribution is 7.46. The van der Waals surface area contributed by atoms with Crippen molar-refractivity contribution in [3.05, 3.63) is 60.7 Å². The zero-order valence-corrected chi connectivity index (χ0v) is 26.8. The summed E-state index contributed by atoms with van der Waals surface area (Å²) in [6, 6.07) is 5.02. The molecule has 250 valence electrons. The average molecular weight is 654 g/mol. The molecule has 2 aromatic heterocycles. The van der Waals surface area contributed by atoms with Crippen LogP contribution in [0.15, 0.2) is 43.5 Å². The molecule has 3 aromatic rings. The molecule has 45 heavy (non-hydrogen) atoms. The molecule has 0 spiro atoms. The zero-order chi connectivity index (χ0) is 33.0. The van der Waals surface area contributed by atoms with E-state index in [4.69, 9.17) is 19.6 Å². The molecule has 1 atom stereocenters. The first-order valence-corrected chi connectivity index (χ1v) is 17.0. The van der Waals surface area contributed by atoms with Crippen LogP contribution in [-0.2, 0) is 27.8 Å². The monoisotopic (exact) mass is 653 g/mol. The second-order valence-corrected chi connectivity index (χ2v) is 12.3. The van der Waals surface area contributed by atoms with Crippen molar-refractivity contribution in [1.82, 2.24) is 29.5 Å². The highest BCUT2D eigenvalue weighted by Crippen LogP contribution is 2.39. The lowest BCUT2D eigenvalue weighted by molar-refractivity contribution is -0.00856. The molecule has 0 saturated heterocycles. The van der Waals surface area contributed by atoms with Gasteiger partial charge in [-0.05, 0) is 18.9 Å². The second-order valence-electron chi connectivity index (χ2n) is 11.1. The fourth-order valence-electron chi connectivity index (χ4n) is 4.96. The van der Waals surface area contributed by atoms with Crippen LogP contribution in [0.3, 0.4) is 0 Å². The molecular formula is C30H46F2N7O5P. The molecule has 0 fully saturated rings. The first-order valence-electron chi connectivity index (χ1n) is 15.5. The minimum Gasteiger partial charge on any atom is -0.381 e. The smallest absolute Gasteiger partial charge is 0.381 e. The van der Waals surface area contributed by atoms with Crippen molar-refractivity contribution in [1.29, 1.82) is 5.26 Å². The molecule has 0 radical (unpaired) electrons. The molecule has 3 N–H and O–H groups in total. The first kappa shape index (κ1) is 38.1. The zero-order valence-electron chi connectivity index (χ0n) is 25.9. The number of nitriles is 1. The predicted molar refractivity (Wildman–Crippen MR) is 163 cm³/mol. The van der Waals surface area contributed by atoms with Crippen molar-refractivity contribution < 1.29 is 32.8 Å². The molecule has 0 aliphatic rings. The fourth-order valence-corrected chi connectivity index (χ4v) is 5.56. The van der Waals surface area contributed by atoms with Gasteiger partial charge in [-0.1, -0.05) is 83.6 Å². The normalized spacial score (nSPS) is 12.4. The van der Waals surface area contributed by atoms with Crippen molar-refractivity contribution in [3.8, 4) is 6.07 Å². The second kappa shape index (κ2) is 20.9. The molecule has 12 nitrogen and oxygen atoms in total. The van der Waals surface area contributed by atoms with Crippen LogP contribution in [0.5, 0.6) is 0 Å². The number of benzene rings is 1. The van der Waals surface area contributed by atoms with Gasteiger partial charge in [-0.15, -0.1) is 0 Å². The van der Waals surface area contributed by atoms with Crippen LogP contribution in [0.4, 0.5) is 8.78 Å². The fraction of sp³-hybridized carbons (Fsp3) is 0.633. The van der Waals surface area contributed by atoms with Crippen molar-refractivity contribution >= 4 is 7.82 Å². The summed E-state index contributed by atoms with van der Waals surface area (Å²) in [7, 11) is -4.45. The van der Waals surface area contributed by atoms with Crippen LogP contribution in [0.2, 0.25) is 0 Å². The lowest BCUT2D eigenvalue weighted by Crippen LogP contribution is -2.37. The number of unbranched alkanes of at least 4 members (excludes halogenated alkanes) is 10. The Kier molecular flexibility index (Phi) is 17.7. The lowest BCUT2D eigenvalue weighted by atomic mass is 9.93. The summed E-state index contributed by atoms with van der Waals surface area (Å²) in [5.41, 5.74) is -1.75. The van der Waals surface area contributed by atoms with E-state index in [1.165, 1.54) is 92.1 Å². The number of halogens is 2. The van der Waals surface area contributed by atoms with Gasteiger partial charge in [0.05, 0.1) is 25.3 Å². The number of nitrogens with zero attached hydrogens (tertiary/aromatic N) is 7. The predicted octanol–water partition coefficient (Wildman–Crippen LogP) is 6.20. The number of phosphoric acid groups is 1. The lowest BCUT2D eigenvalue weighted by Gasteiger charge is -2.28. The van der Waals surface area contributed by atoms with Gasteiger partial charge in [0.25, 0.3) is 0 Å². The first-order chi connectivity index (χ1) is 21.6. The summed E-state index contributed by atoms with van der Waals surface area (Å²) >= 11 is 0. The Morgan fingerprint density at radius 2 is 1.44 bits per heavy atom.